The summed E-state index contributed by atoms with van der Waals surface area (Å²) in [4.78, 5) is 2.04. The molecule has 0 aliphatic carbocycles. The lowest BCUT2D eigenvalue weighted by Crippen LogP contribution is -1.92. The molecule has 2 N–H and O–H groups in total. The summed E-state index contributed by atoms with van der Waals surface area (Å²) in [7, 11) is 0. The van der Waals surface area contributed by atoms with E-state index in [1.807, 2.05) is 42.5 Å². The van der Waals surface area contributed by atoms with Crippen LogP contribution in [0.1, 0.15) is 5.56 Å². The Hall–Kier alpha value is -1.92. The van der Waals surface area contributed by atoms with Crippen molar-refractivity contribution in [2.75, 3.05) is 5.73 Å². The van der Waals surface area contributed by atoms with E-state index >= 15 is 0 Å². The first-order chi connectivity index (χ1) is 7.81. The van der Waals surface area contributed by atoms with Crippen LogP contribution in [-0.2, 0) is 0 Å². The van der Waals surface area contributed by atoms with Gasteiger partial charge in [0.1, 0.15) is 6.07 Å². The number of rotatable bonds is 2. The quantitative estimate of drug-likeness (QED) is 0.799. The van der Waals surface area contributed by atoms with Crippen LogP contribution < -0.4 is 5.73 Å². The van der Waals surface area contributed by atoms with Crippen molar-refractivity contribution < 1.29 is 0 Å². The molecule has 0 atom stereocenters. The molecule has 2 aromatic carbocycles. The molecule has 16 heavy (non-hydrogen) atoms. The van der Waals surface area contributed by atoms with Crippen molar-refractivity contribution in [2.45, 2.75) is 9.79 Å². The maximum absolute atomic E-state index is 8.87. The fourth-order valence-corrected chi connectivity index (χ4v) is 2.26. The summed E-state index contributed by atoms with van der Waals surface area (Å²) in [6, 6.07) is 17.5. The second kappa shape index (κ2) is 4.73. The zero-order chi connectivity index (χ0) is 11.4. The topological polar surface area (TPSA) is 49.8 Å². The van der Waals surface area contributed by atoms with E-state index < -0.39 is 0 Å². The maximum Gasteiger partial charge on any atom is 0.101 e. The molecule has 2 nitrogen and oxygen atoms in total. The van der Waals surface area contributed by atoms with E-state index in [4.69, 9.17) is 11.0 Å². The van der Waals surface area contributed by atoms with Crippen molar-refractivity contribution in [2.24, 2.45) is 0 Å². The second-order valence-corrected chi connectivity index (χ2v) is 4.36. The summed E-state index contributed by atoms with van der Waals surface area (Å²) >= 11 is 1.57. The number of benzene rings is 2. The molecule has 0 aromatic heterocycles. The minimum atomic E-state index is 0.529. The first kappa shape index (κ1) is 10.6. The highest BCUT2D eigenvalue weighted by atomic mass is 32.2. The van der Waals surface area contributed by atoms with Crippen LogP contribution in [0.4, 0.5) is 5.69 Å². The molecule has 2 aromatic rings. The predicted octanol–water partition coefficient (Wildman–Crippen LogP) is 3.29. The van der Waals surface area contributed by atoms with Gasteiger partial charge in [0.25, 0.3) is 0 Å². The largest absolute Gasteiger partial charge is 0.397 e. The number of hydrogen-bond acceptors (Lipinski definition) is 3. The van der Waals surface area contributed by atoms with Gasteiger partial charge in [-0.15, -0.1) is 0 Å². The molecule has 3 heteroatoms. The Morgan fingerprint density at radius 3 is 2.44 bits per heavy atom. The average Bonchev–Trinajstić information content (AvgIpc) is 2.33. The van der Waals surface area contributed by atoms with Gasteiger partial charge < -0.3 is 5.73 Å². The van der Waals surface area contributed by atoms with Gasteiger partial charge in [0, 0.05) is 9.79 Å². The molecule has 78 valence electrons. The highest BCUT2D eigenvalue weighted by Crippen LogP contribution is 2.33. The van der Waals surface area contributed by atoms with Gasteiger partial charge in [-0.3, -0.25) is 0 Å². The molecule has 0 bridgehead atoms. The average molecular weight is 226 g/mol. The van der Waals surface area contributed by atoms with E-state index in [0.717, 1.165) is 9.79 Å². The Bertz CT molecular complexity index is 529. The number of nitrogen functional groups attached to an aromatic ring is 1. The van der Waals surface area contributed by atoms with Gasteiger partial charge in [-0.1, -0.05) is 36.0 Å². The number of nitrogens with two attached hydrogens (primary N) is 1. The van der Waals surface area contributed by atoms with Gasteiger partial charge in [-0.05, 0) is 24.3 Å². The predicted molar refractivity (Wildman–Crippen MR) is 66.1 cm³/mol. The van der Waals surface area contributed by atoms with Gasteiger partial charge >= 0.3 is 0 Å². The number of nitrogens with zero attached hydrogens (tertiary/aromatic N) is 1. The molecular weight excluding hydrogens is 216 g/mol. The van der Waals surface area contributed by atoms with E-state index in [-0.39, 0.29) is 0 Å². The molecule has 0 spiro atoms. The smallest absolute Gasteiger partial charge is 0.101 e. The lowest BCUT2D eigenvalue weighted by atomic mass is 10.2. The Morgan fingerprint density at radius 2 is 1.75 bits per heavy atom. The van der Waals surface area contributed by atoms with E-state index in [9.17, 15) is 0 Å². The lowest BCUT2D eigenvalue weighted by Gasteiger charge is -2.06. The zero-order valence-corrected chi connectivity index (χ0v) is 9.37. The standard InChI is InChI=1S/C13H10N2S/c14-9-10-5-4-8-12(13(10)15)16-11-6-2-1-3-7-11/h1-8H,15H2. The maximum atomic E-state index is 8.87. The van der Waals surface area contributed by atoms with E-state index in [2.05, 4.69) is 6.07 Å². The van der Waals surface area contributed by atoms with Crippen molar-refractivity contribution in [3.8, 4) is 6.07 Å². The molecule has 0 heterocycles. The van der Waals surface area contributed by atoms with Gasteiger partial charge in [0.2, 0.25) is 0 Å². The Morgan fingerprint density at radius 1 is 1.00 bits per heavy atom. The number of para-hydroxylation sites is 1. The third-order valence-electron chi connectivity index (χ3n) is 2.16. The van der Waals surface area contributed by atoms with Crippen molar-refractivity contribution in [3.05, 3.63) is 54.1 Å². The van der Waals surface area contributed by atoms with Crippen molar-refractivity contribution in [1.82, 2.24) is 0 Å². The van der Waals surface area contributed by atoms with Crippen LogP contribution in [0.15, 0.2) is 58.3 Å². The van der Waals surface area contributed by atoms with Crippen LogP contribution in [0.2, 0.25) is 0 Å². The summed E-state index contributed by atoms with van der Waals surface area (Å²) in [6.45, 7) is 0. The fourth-order valence-electron chi connectivity index (χ4n) is 1.35. The fraction of sp³-hybridized carbons (Fsp3) is 0. The van der Waals surface area contributed by atoms with Gasteiger partial charge in [-0.2, -0.15) is 5.26 Å². The Kier molecular flexibility index (Phi) is 3.13. The molecule has 0 amide bonds. The van der Waals surface area contributed by atoms with E-state index in [0.29, 0.717) is 11.3 Å². The van der Waals surface area contributed by atoms with Crippen molar-refractivity contribution in [1.29, 1.82) is 5.26 Å². The summed E-state index contributed by atoms with van der Waals surface area (Å²) in [5.74, 6) is 0. The molecular formula is C13H10N2S. The first-order valence-electron chi connectivity index (χ1n) is 4.83. The Labute approximate surface area is 98.7 Å². The molecule has 2 rings (SSSR count). The molecule has 0 aliphatic heterocycles. The Balaban J connectivity index is 2.33. The van der Waals surface area contributed by atoms with Crippen LogP contribution in [-0.4, -0.2) is 0 Å². The molecule has 0 radical (unpaired) electrons. The van der Waals surface area contributed by atoms with Crippen LogP contribution in [0.25, 0.3) is 0 Å². The number of hydrogen-bond donors (Lipinski definition) is 1. The third-order valence-corrected chi connectivity index (χ3v) is 3.24. The summed E-state index contributed by atoms with van der Waals surface area (Å²) in [5, 5.41) is 8.87. The van der Waals surface area contributed by atoms with Crippen LogP contribution >= 0.6 is 11.8 Å². The monoisotopic (exact) mass is 226 g/mol. The van der Waals surface area contributed by atoms with Crippen molar-refractivity contribution in [3.63, 3.8) is 0 Å². The highest BCUT2D eigenvalue weighted by molar-refractivity contribution is 7.99. The molecule has 0 aliphatic rings. The summed E-state index contributed by atoms with van der Waals surface area (Å²) in [5.41, 5.74) is 6.98. The third kappa shape index (κ3) is 2.18. The lowest BCUT2D eigenvalue weighted by molar-refractivity contribution is 1.38. The van der Waals surface area contributed by atoms with Crippen LogP contribution in [0, 0.1) is 11.3 Å². The summed E-state index contributed by atoms with van der Waals surface area (Å²) < 4.78 is 0. The molecule has 0 fully saturated rings. The van der Waals surface area contributed by atoms with Crippen LogP contribution in [0.5, 0.6) is 0 Å². The minimum Gasteiger partial charge on any atom is -0.397 e. The van der Waals surface area contributed by atoms with Gasteiger partial charge in [0.05, 0.1) is 11.3 Å². The second-order valence-electron chi connectivity index (χ2n) is 3.24. The normalized spacial score (nSPS) is 9.69. The van der Waals surface area contributed by atoms with E-state index in [1.165, 1.54) is 0 Å². The number of nitriles is 1. The minimum absolute atomic E-state index is 0.529. The zero-order valence-electron chi connectivity index (χ0n) is 8.55. The molecule has 0 saturated heterocycles. The molecule has 0 saturated carbocycles. The van der Waals surface area contributed by atoms with Gasteiger partial charge in [0.15, 0.2) is 0 Å². The SMILES string of the molecule is N#Cc1cccc(Sc2ccccc2)c1N. The van der Waals surface area contributed by atoms with Crippen LogP contribution in [0.3, 0.4) is 0 Å². The number of anilines is 1. The summed E-state index contributed by atoms with van der Waals surface area (Å²) in [6.07, 6.45) is 0. The van der Waals surface area contributed by atoms with Gasteiger partial charge in [-0.25, -0.2) is 0 Å². The van der Waals surface area contributed by atoms with E-state index in [1.54, 1.807) is 17.8 Å². The molecule has 0 unspecified atom stereocenters. The first-order valence-corrected chi connectivity index (χ1v) is 5.64. The van der Waals surface area contributed by atoms with Crippen molar-refractivity contribution >= 4 is 17.4 Å². The highest BCUT2D eigenvalue weighted by Gasteiger charge is 2.05.